The lowest BCUT2D eigenvalue weighted by Gasteiger charge is -2.17. The van der Waals surface area contributed by atoms with Crippen LogP contribution in [0.4, 0.5) is 4.79 Å². The molecule has 0 spiro atoms. The number of carbonyl (C=O) groups is 5. The average Bonchev–Trinajstić information content (AvgIpc) is 3.56. The van der Waals surface area contributed by atoms with Crippen molar-refractivity contribution < 1.29 is 52.9 Å². The van der Waals surface area contributed by atoms with E-state index in [1.54, 1.807) is 31.4 Å². The molecule has 12 nitrogen and oxygen atoms in total. The molecule has 1 fully saturated rings. The number of fused-ring (bicyclic) bond motifs is 3. The molecule has 47 heavy (non-hydrogen) atoms. The van der Waals surface area contributed by atoms with Gasteiger partial charge in [0.25, 0.3) is 11.8 Å². The molecular formula is C35H43NO11. The van der Waals surface area contributed by atoms with Crippen LogP contribution in [0.1, 0.15) is 95.5 Å². The molecule has 1 aliphatic carbocycles. The highest BCUT2D eigenvalue weighted by Crippen LogP contribution is 2.46. The van der Waals surface area contributed by atoms with Crippen LogP contribution in [0.3, 0.4) is 0 Å². The van der Waals surface area contributed by atoms with Crippen molar-refractivity contribution in [2.45, 2.75) is 63.7 Å². The predicted molar refractivity (Wildman–Crippen MR) is 169 cm³/mol. The number of aliphatic hydroxyl groups excluding tert-OH is 1. The molecule has 1 atom stereocenters. The molecule has 0 aromatic heterocycles. The number of carbonyl (C=O) groups excluding carboxylic acids is 5. The molecule has 0 bridgehead atoms. The molecule has 4 rings (SSSR count). The van der Waals surface area contributed by atoms with E-state index in [9.17, 15) is 24.0 Å². The van der Waals surface area contributed by atoms with Gasteiger partial charge in [-0.15, -0.1) is 0 Å². The normalized spacial score (nSPS) is 15.1. The number of ether oxygens (including phenoxy) is 4. The number of hydroxylamine groups is 2. The number of hydrogen-bond acceptors (Lipinski definition) is 11. The van der Waals surface area contributed by atoms with Crippen LogP contribution < -0.4 is 0 Å². The fourth-order valence-corrected chi connectivity index (χ4v) is 5.58. The van der Waals surface area contributed by atoms with Gasteiger partial charge in [-0.05, 0) is 66.5 Å². The van der Waals surface area contributed by atoms with E-state index in [1.807, 2.05) is 12.1 Å². The Morgan fingerprint density at radius 2 is 1.28 bits per heavy atom. The Bertz CT molecular complexity index is 1330. The van der Waals surface area contributed by atoms with Crippen molar-refractivity contribution in [2.24, 2.45) is 0 Å². The number of aliphatic hydroxyl groups is 1. The Morgan fingerprint density at radius 1 is 0.745 bits per heavy atom. The fraction of sp³-hybridized carbons (Fsp3) is 0.514. The Balaban J connectivity index is 1.45. The van der Waals surface area contributed by atoms with Crippen LogP contribution in [-0.2, 0) is 33.4 Å². The Morgan fingerprint density at radius 3 is 1.81 bits per heavy atom. The first-order valence-electron chi connectivity index (χ1n) is 16.1. The Hall–Kier alpha value is -3.97. The van der Waals surface area contributed by atoms with E-state index in [4.69, 9.17) is 28.9 Å². The van der Waals surface area contributed by atoms with E-state index in [-0.39, 0.29) is 44.0 Å². The van der Waals surface area contributed by atoms with E-state index in [2.05, 4.69) is 0 Å². The number of hydrogen-bond donors (Lipinski definition) is 1. The van der Waals surface area contributed by atoms with Gasteiger partial charge in [0, 0.05) is 89.5 Å². The van der Waals surface area contributed by atoms with Gasteiger partial charge < -0.3 is 24.1 Å². The van der Waals surface area contributed by atoms with E-state index >= 15 is 0 Å². The highest BCUT2D eigenvalue weighted by Gasteiger charge is 2.35. The molecule has 2 aliphatic rings. The highest BCUT2D eigenvalue weighted by molar-refractivity contribution is 6.01. The largest absolute Gasteiger partial charge is 0.533 e. The van der Waals surface area contributed by atoms with Crippen molar-refractivity contribution in [1.82, 2.24) is 5.06 Å². The summed E-state index contributed by atoms with van der Waals surface area (Å²) in [5.74, 6) is -1.88. The summed E-state index contributed by atoms with van der Waals surface area (Å²) in [4.78, 5) is 67.4. The molecule has 1 N–H and O–H groups in total. The number of rotatable bonds is 21. The third-order valence-corrected chi connectivity index (χ3v) is 8.05. The van der Waals surface area contributed by atoms with Gasteiger partial charge in [0.1, 0.15) is 6.61 Å². The lowest BCUT2D eigenvalue weighted by Crippen LogP contribution is -2.32. The molecule has 254 valence electrons. The van der Waals surface area contributed by atoms with Gasteiger partial charge in [0.05, 0.1) is 0 Å². The number of imide groups is 1. The van der Waals surface area contributed by atoms with Crippen LogP contribution in [0.5, 0.6) is 0 Å². The van der Waals surface area contributed by atoms with Crippen molar-refractivity contribution in [2.75, 3.05) is 53.4 Å². The van der Waals surface area contributed by atoms with Crippen LogP contribution in [0.25, 0.3) is 11.1 Å². The Kier molecular flexibility index (Phi) is 14.0. The van der Waals surface area contributed by atoms with Gasteiger partial charge in [-0.1, -0.05) is 29.3 Å². The zero-order valence-electron chi connectivity index (χ0n) is 26.8. The van der Waals surface area contributed by atoms with Gasteiger partial charge >= 0.3 is 6.16 Å². The van der Waals surface area contributed by atoms with Crippen LogP contribution >= 0.6 is 0 Å². The third-order valence-electron chi connectivity index (χ3n) is 8.05. The lowest BCUT2D eigenvalue weighted by atomic mass is 9.93. The summed E-state index contributed by atoms with van der Waals surface area (Å²) in [6, 6.07) is 10.8. The minimum absolute atomic E-state index is 0.0428. The molecule has 2 aromatic carbocycles. The summed E-state index contributed by atoms with van der Waals surface area (Å²) in [6.45, 7) is 2.52. The number of Topliss-reactive ketones (excluding diaryl/α,β-unsaturated/α-hetero) is 2. The minimum atomic E-state index is -1.20. The predicted octanol–water partition coefficient (Wildman–Crippen LogP) is 4.78. The minimum Gasteiger partial charge on any atom is -0.432 e. The molecule has 0 radical (unpaired) electrons. The number of unbranched alkanes of at least 4 members (excludes halogenated alkanes) is 1. The van der Waals surface area contributed by atoms with Gasteiger partial charge in [0.2, 0.25) is 0 Å². The van der Waals surface area contributed by atoms with Crippen LogP contribution in [0.15, 0.2) is 36.4 Å². The average molecular weight is 654 g/mol. The van der Waals surface area contributed by atoms with E-state index in [0.717, 1.165) is 35.1 Å². The molecule has 1 unspecified atom stereocenters. The van der Waals surface area contributed by atoms with E-state index in [1.165, 1.54) is 0 Å². The summed E-state index contributed by atoms with van der Waals surface area (Å²) in [5, 5.41) is 9.29. The van der Waals surface area contributed by atoms with Gasteiger partial charge in [0.15, 0.2) is 11.6 Å². The SMILES string of the molecule is COCCCOCCCC(=O)c1ccc2c(c1)C(COC(=O)ON1C(=O)CCC1=O)c1cc(C(=O)CCCOCCCCO)ccc1-2. The maximum absolute atomic E-state index is 13.1. The van der Waals surface area contributed by atoms with Gasteiger partial charge in [-0.25, -0.2) is 4.79 Å². The monoisotopic (exact) mass is 653 g/mol. The van der Waals surface area contributed by atoms with Gasteiger partial charge in [-0.3, -0.25) is 24.0 Å². The van der Waals surface area contributed by atoms with Crippen molar-refractivity contribution in [3.05, 3.63) is 58.7 Å². The number of benzene rings is 2. The van der Waals surface area contributed by atoms with Crippen molar-refractivity contribution in [3.63, 3.8) is 0 Å². The van der Waals surface area contributed by atoms with Crippen molar-refractivity contribution in [1.29, 1.82) is 0 Å². The first kappa shape index (κ1) is 35.9. The zero-order chi connectivity index (χ0) is 33.6. The standard InChI is InChI=1S/C35H43NO11/c1-43-16-6-20-45-19-5-8-32(39)25-10-12-27-26-11-9-24(31(38)7-4-18-44-17-3-2-15-37)21-28(26)30(29(27)22-25)23-46-35(42)47-36-33(40)13-14-34(36)41/h9-12,21-22,30,37H,2-8,13-20,23H2,1H3. The van der Waals surface area contributed by atoms with Crippen LogP contribution in [0, 0.1) is 0 Å². The molecular weight excluding hydrogens is 610 g/mol. The van der Waals surface area contributed by atoms with Crippen molar-refractivity contribution >= 4 is 29.5 Å². The van der Waals surface area contributed by atoms with E-state index < -0.39 is 23.9 Å². The van der Waals surface area contributed by atoms with Crippen LogP contribution in [-0.4, -0.2) is 93.1 Å². The van der Waals surface area contributed by atoms with E-state index in [0.29, 0.717) is 74.9 Å². The molecule has 2 aromatic rings. The number of nitrogens with zero attached hydrogens (tertiary/aromatic N) is 1. The molecule has 12 heteroatoms. The fourth-order valence-electron chi connectivity index (χ4n) is 5.58. The van der Waals surface area contributed by atoms with Gasteiger partial charge in [-0.2, -0.15) is 0 Å². The summed E-state index contributed by atoms with van der Waals surface area (Å²) >= 11 is 0. The topological polar surface area (TPSA) is 155 Å². The number of ketones is 2. The first-order valence-corrected chi connectivity index (χ1v) is 16.1. The summed E-state index contributed by atoms with van der Waals surface area (Å²) < 4.78 is 21.5. The van der Waals surface area contributed by atoms with Crippen LogP contribution in [0.2, 0.25) is 0 Å². The second kappa shape index (κ2) is 18.4. The molecule has 1 aliphatic heterocycles. The first-order chi connectivity index (χ1) is 22.8. The number of amides is 2. The summed E-state index contributed by atoms with van der Waals surface area (Å²) in [6.07, 6.45) is 2.62. The number of methoxy groups -OCH3 is 1. The highest BCUT2D eigenvalue weighted by atomic mass is 16.8. The lowest BCUT2D eigenvalue weighted by molar-refractivity contribution is -0.177. The molecule has 1 saturated heterocycles. The molecule has 0 saturated carbocycles. The second-order valence-electron chi connectivity index (χ2n) is 11.4. The van der Waals surface area contributed by atoms with Crippen molar-refractivity contribution in [3.8, 4) is 11.1 Å². The maximum atomic E-state index is 13.1. The second-order valence-corrected chi connectivity index (χ2v) is 11.4. The smallest absolute Gasteiger partial charge is 0.432 e. The summed E-state index contributed by atoms with van der Waals surface area (Å²) in [7, 11) is 1.63. The summed E-state index contributed by atoms with van der Waals surface area (Å²) in [5.41, 5.74) is 4.20. The molecule has 2 amide bonds. The Labute approximate surface area is 274 Å². The quantitative estimate of drug-likeness (QED) is 0.0856. The zero-order valence-corrected chi connectivity index (χ0v) is 26.8. The third kappa shape index (κ3) is 10.0. The molecule has 1 heterocycles. The maximum Gasteiger partial charge on any atom is 0.533 e.